The van der Waals surface area contributed by atoms with E-state index in [1.165, 1.54) is 10.4 Å². The van der Waals surface area contributed by atoms with Crippen LogP contribution in [0.2, 0.25) is 0 Å². The average Bonchev–Trinajstić information content (AvgIpc) is 2.98. The van der Waals surface area contributed by atoms with E-state index < -0.39 is 0 Å². The molecule has 1 aliphatic carbocycles. The van der Waals surface area contributed by atoms with Crippen LogP contribution in [0.4, 0.5) is 0 Å². The molecule has 0 atom stereocenters. The number of aryl methyl sites for hydroxylation is 2. The van der Waals surface area contributed by atoms with Crippen molar-refractivity contribution in [1.29, 1.82) is 0 Å². The molecular formula is C13H16N4O2S. The lowest BCUT2D eigenvalue weighted by atomic mass is 10.2. The highest BCUT2D eigenvalue weighted by molar-refractivity contribution is 7.18. The fourth-order valence-electron chi connectivity index (χ4n) is 2.51. The second-order valence-corrected chi connectivity index (χ2v) is 5.91. The smallest absolute Gasteiger partial charge is 0.259 e. The summed E-state index contributed by atoms with van der Waals surface area (Å²) in [5.74, 6) is 0.481. The van der Waals surface area contributed by atoms with Crippen molar-refractivity contribution >= 4 is 27.5 Å². The number of hydrogen-bond donors (Lipinski definition) is 3. The summed E-state index contributed by atoms with van der Waals surface area (Å²) in [5, 5.41) is 6.24. The van der Waals surface area contributed by atoms with E-state index in [-0.39, 0.29) is 18.0 Å². The molecule has 2 aromatic rings. The van der Waals surface area contributed by atoms with Gasteiger partial charge in [0.25, 0.3) is 5.56 Å². The van der Waals surface area contributed by atoms with Gasteiger partial charge in [-0.3, -0.25) is 9.59 Å². The molecule has 1 aliphatic rings. The van der Waals surface area contributed by atoms with Gasteiger partial charge in [-0.2, -0.15) is 0 Å². The van der Waals surface area contributed by atoms with Crippen molar-refractivity contribution in [2.24, 2.45) is 0 Å². The minimum absolute atomic E-state index is 0.0638. The van der Waals surface area contributed by atoms with Gasteiger partial charge >= 0.3 is 0 Å². The summed E-state index contributed by atoms with van der Waals surface area (Å²) in [6, 6.07) is 0. The van der Waals surface area contributed by atoms with E-state index in [9.17, 15) is 9.59 Å². The van der Waals surface area contributed by atoms with Gasteiger partial charge in [0.1, 0.15) is 10.7 Å². The molecule has 0 fully saturated rings. The van der Waals surface area contributed by atoms with Crippen molar-refractivity contribution in [1.82, 2.24) is 20.6 Å². The minimum atomic E-state index is -0.0940. The van der Waals surface area contributed by atoms with Crippen LogP contribution in [0.1, 0.15) is 22.7 Å². The summed E-state index contributed by atoms with van der Waals surface area (Å²) in [6.07, 6.45) is 3.17. The molecule has 0 radical (unpaired) electrons. The van der Waals surface area contributed by atoms with E-state index in [2.05, 4.69) is 20.6 Å². The molecular weight excluding hydrogens is 276 g/mol. The van der Waals surface area contributed by atoms with Crippen LogP contribution >= 0.6 is 11.3 Å². The van der Waals surface area contributed by atoms with Crippen LogP contribution in [0, 0.1) is 0 Å². The van der Waals surface area contributed by atoms with Gasteiger partial charge in [0, 0.05) is 11.9 Å². The monoisotopic (exact) mass is 292 g/mol. The van der Waals surface area contributed by atoms with E-state index in [1.54, 1.807) is 18.4 Å². The summed E-state index contributed by atoms with van der Waals surface area (Å²) in [4.78, 5) is 32.7. The Balaban J connectivity index is 1.84. The van der Waals surface area contributed by atoms with Gasteiger partial charge in [-0.1, -0.05) is 0 Å². The lowest BCUT2D eigenvalue weighted by Gasteiger charge is -2.03. The highest BCUT2D eigenvalue weighted by Crippen LogP contribution is 2.34. The van der Waals surface area contributed by atoms with Crippen LogP contribution in [0.15, 0.2) is 4.79 Å². The molecule has 0 bridgehead atoms. The molecule has 0 saturated heterocycles. The first-order valence-electron chi connectivity index (χ1n) is 6.64. The zero-order valence-electron chi connectivity index (χ0n) is 11.2. The molecule has 2 aromatic heterocycles. The highest BCUT2D eigenvalue weighted by atomic mass is 32.1. The Morgan fingerprint density at radius 3 is 3.10 bits per heavy atom. The Morgan fingerprint density at radius 1 is 1.45 bits per heavy atom. The third-order valence-corrected chi connectivity index (χ3v) is 4.67. The molecule has 106 valence electrons. The molecule has 0 aromatic carbocycles. The van der Waals surface area contributed by atoms with E-state index in [0.29, 0.717) is 12.4 Å². The van der Waals surface area contributed by atoms with E-state index in [0.717, 1.165) is 29.5 Å². The third kappa shape index (κ3) is 2.34. The number of fused-ring (bicyclic) bond motifs is 3. The maximum atomic E-state index is 12.2. The standard InChI is InChI=1S/C13H16N4O2S/c1-14-10(18)6-15-5-9-16-12(19)11-7-3-2-4-8(7)20-13(11)17-9/h15H,2-6H2,1H3,(H,14,18)(H,16,17,19). The van der Waals surface area contributed by atoms with Gasteiger partial charge in [-0.15, -0.1) is 11.3 Å². The SMILES string of the molecule is CNC(=O)CNCc1nc2sc3c(c2c(=O)[nH]1)CCC3. The molecule has 6 nitrogen and oxygen atoms in total. The maximum Gasteiger partial charge on any atom is 0.259 e. The van der Waals surface area contributed by atoms with Crippen molar-refractivity contribution < 1.29 is 4.79 Å². The molecule has 3 rings (SSSR count). The van der Waals surface area contributed by atoms with Gasteiger partial charge < -0.3 is 15.6 Å². The number of carbonyl (C=O) groups is 1. The molecule has 1 amide bonds. The predicted molar refractivity (Wildman–Crippen MR) is 78.0 cm³/mol. The van der Waals surface area contributed by atoms with Gasteiger partial charge in [-0.25, -0.2) is 4.98 Å². The quantitative estimate of drug-likeness (QED) is 0.757. The Hall–Kier alpha value is -1.73. The predicted octanol–water partition coefficient (Wildman–Crippen LogP) is 0.309. The van der Waals surface area contributed by atoms with Crippen LogP contribution < -0.4 is 16.2 Å². The van der Waals surface area contributed by atoms with Gasteiger partial charge in [0.15, 0.2) is 0 Å². The summed E-state index contributed by atoms with van der Waals surface area (Å²) in [7, 11) is 1.59. The van der Waals surface area contributed by atoms with Gasteiger partial charge in [-0.05, 0) is 24.8 Å². The van der Waals surface area contributed by atoms with Crippen LogP contribution in [0.5, 0.6) is 0 Å². The van der Waals surface area contributed by atoms with E-state index in [4.69, 9.17) is 0 Å². The lowest BCUT2D eigenvalue weighted by molar-refractivity contribution is -0.119. The van der Waals surface area contributed by atoms with Crippen molar-refractivity contribution in [3.63, 3.8) is 0 Å². The summed E-state index contributed by atoms with van der Waals surface area (Å²) in [5.41, 5.74) is 1.12. The second-order valence-electron chi connectivity index (χ2n) is 4.83. The Bertz CT molecular complexity index is 719. The topological polar surface area (TPSA) is 86.9 Å². The fraction of sp³-hybridized carbons (Fsp3) is 0.462. The Labute approximate surface area is 119 Å². The van der Waals surface area contributed by atoms with Gasteiger partial charge in [0.05, 0.1) is 18.5 Å². The number of likely N-dealkylation sites (N-methyl/N-ethyl adjacent to an activating group) is 1. The number of H-pyrrole nitrogens is 1. The molecule has 20 heavy (non-hydrogen) atoms. The lowest BCUT2D eigenvalue weighted by Crippen LogP contribution is -2.31. The highest BCUT2D eigenvalue weighted by Gasteiger charge is 2.20. The number of aromatic amines is 1. The first-order chi connectivity index (χ1) is 9.69. The molecule has 0 spiro atoms. The fourth-order valence-corrected chi connectivity index (χ4v) is 3.79. The van der Waals surface area contributed by atoms with Crippen LogP contribution in [-0.4, -0.2) is 29.5 Å². The molecule has 7 heteroatoms. The number of aromatic nitrogens is 2. The largest absolute Gasteiger partial charge is 0.358 e. The van der Waals surface area contributed by atoms with E-state index in [1.807, 2.05) is 0 Å². The molecule has 0 saturated carbocycles. The molecule has 0 aliphatic heterocycles. The van der Waals surface area contributed by atoms with E-state index >= 15 is 0 Å². The van der Waals surface area contributed by atoms with Crippen LogP contribution in [0.3, 0.4) is 0 Å². The molecule has 0 unspecified atom stereocenters. The van der Waals surface area contributed by atoms with Crippen molar-refractivity contribution in [3.8, 4) is 0 Å². The number of carbonyl (C=O) groups excluding carboxylic acids is 1. The first kappa shape index (κ1) is 13.3. The Kier molecular flexibility index (Phi) is 3.54. The summed E-state index contributed by atoms with van der Waals surface area (Å²) < 4.78 is 0. The van der Waals surface area contributed by atoms with Crippen molar-refractivity contribution in [3.05, 3.63) is 26.6 Å². The first-order valence-corrected chi connectivity index (χ1v) is 7.45. The minimum Gasteiger partial charge on any atom is -0.358 e. The van der Waals surface area contributed by atoms with Crippen molar-refractivity contribution in [2.75, 3.05) is 13.6 Å². The second kappa shape index (κ2) is 5.34. The maximum absolute atomic E-state index is 12.2. The summed E-state index contributed by atoms with van der Waals surface area (Å²) >= 11 is 1.62. The third-order valence-electron chi connectivity index (χ3n) is 3.48. The number of amides is 1. The van der Waals surface area contributed by atoms with Crippen molar-refractivity contribution in [2.45, 2.75) is 25.8 Å². The zero-order valence-corrected chi connectivity index (χ0v) is 12.0. The normalized spacial score (nSPS) is 13.7. The molecule has 2 heterocycles. The number of hydrogen-bond acceptors (Lipinski definition) is 5. The number of rotatable bonds is 4. The van der Waals surface area contributed by atoms with Crippen LogP contribution in [-0.2, 0) is 24.2 Å². The Morgan fingerprint density at radius 2 is 2.30 bits per heavy atom. The number of nitrogens with zero attached hydrogens (tertiary/aromatic N) is 1. The number of thiophene rings is 1. The summed E-state index contributed by atoms with van der Waals surface area (Å²) in [6.45, 7) is 0.584. The number of nitrogens with one attached hydrogen (secondary N) is 3. The average molecular weight is 292 g/mol. The zero-order chi connectivity index (χ0) is 14.1. The molecule has 3 N–H and O–H groups in total. The van der Waals surface area contributed by atoms with Crippen LogP contribution in [0.25, 0.3) is 10.2 Å². The van der Waals surface area contributed by atoms with Gasteiger partial charge in [0.2, 0.25) is 5.91 Å².